The van der Waals surface area contributed by atoms with Crippen molar-refractivity contribution >= 4 is 32.0 Å². The molecule has 19 heavy (non-hydrogen) atoms. The van der Waals surface area contributed by atoms with E-state index in [4.69, 9.17) is 4.18 Å². The number of hydrogen-bond acceptors (Lipinski definition) is 7. The van der Waals surface area contributed by atoms with Crippen molar-refractivity contribution in [2.24, 2.45) is 0 Å². The van der Waals surface area contributed by atoms with E-state index < -0.39 is 20.2 Å². The lowest BCUT2D eigenvalue weighted by Crippen LogP contribution is -2.19. The smallest absolute Gasteiger partial charge is 0.264 e. The zero-order valence-electron chi connectivity index (χ0n) is 11.5. The molecule has 1 atom stereocenters. The lowest BCUT2D eigenvalue weighted by Gasteiger charge is -2.15. The largest absolute Gasteiger partial charge is 0.270 e. The second-order valence-electron chi connectivity index (χ2n) is 4.15. The van der Waals surface area contributed by atoms with Gasteiger partial charge in [0, 0.05) is 5.25 Å². The van der Waals surface area contributed by atoms with Gasteiger partial charge in [-0.3, -0.25) is 8.37 Å². The quantitative estimate of drug-likeness (QED) is 0.415. The summed E-state index contributed by atoms with van der Waals surface area (Å²) in [5.74, 6) is 0.882. The summed E-state index contributed by atoms with van der Waals surface area (Å²) >= 11 is 1.57. The first-order valence-electron chi connectivity index (χ1n) is 5.94. The Morgan fingerprint density at radius 2 is 1.63 bits per heavy atom. The van der Waals surface area contributed by atoms with Crippen LogP contribution in [0.5, 0.6) is 0 Å². The van der Waals surface area contributed by atoms with Gasteiger partial charge in [-0.05, 0) is 18.6 Å². The molecule has 0 aliphatic heterocycles. The monoisotopic (exact) mass is 334 g/mol. The summed E-state index contributed by atoms with van der Waals surface area (Å²) in [6.07, 6.45) is 4.48. The fraction of sp³-hybridized carbons (Fsp3) is 1.00. The average Bonchev–Trinajstić information content (AvgIpc) is 2.22. The first-order chi connectivity index (χ1) is 8.64. The third kappa shape index (κ3) is 14.4. The zero-order valence-corrected chi connectivity index (χ0v) is 13.9. The van der Waals surface area contributed by atoms with E-state index in [1.165, 1.54) is 0 Å². The van der Waals surface area contributed by atoms with Crippen LogP contribution in [0.25, 0.3) is 0 Å². The van der Waals surface area contributed by atoms with Gasteiger partial charge in [-0.25, -0.2) is 0 Å². The Bertz CT molecular complexity index is 428. The third-order valence-electron chi connectivity index (χ3n) is 2.06. The van der Waals surface area contributed by atoms with Crippen molar-refractivity contribution in [3.63, 3.8) is 0 Å². The molecule has 0 aromatic carbocycles. The predicted molar refractivity (Wildman–Crippen MR) is 77.4 cm³/mol. The third-order valence-corrected chi connectivity index (χ3v) is 4.58. The molecule has 0 amide bonds. The highest BCUT2D eigenvalue weighted by molar-refractivity contribution is 7.99. The van der Waals surface area contributed by atoms with E-state index in [2.05, 4.69) is 11.1 Å². The Kier molecular flexibility index (Phi) is 9.25. The maximum absolute atomic E-state index is 10.9. The van der Waals surface area contributed by atoms with Crippen LogP contribution in [0, 0.1) is 0 Å². The van der Waals surface area contributed by atoms with E-state index in [-0.39, 0.29) is 18.5 Å². The molecule has 0 saturated heterocycles. The highest BCUT2D eigenvalue weighted by atomic mass is 32.2. The van der Waals surface area contributed by atoms with Gasteiger partial charge in [-0.15, -0.1) is 0 Å². The minimum Gasteiger partial charge on any atom is -0.270 e. The summed E-state index contributed by atoms with van der Waals surface area (Å²) in [4.78, 5) is 0. The van der Waals surface area contributed by atoms with Gasteiger partial charge in [-0.1, -0.05) is 13.3 Å². The van der Waals surface area contributed by atoms with Gasteiger partial charge in [0.15, 0.2) is 0 Å². The molecule has 0 saturated carbocycles. The summed E-state index contributed by atoms with van der Waals surface area (Å²) in [6, 6.07) is 0. The van der Waals surface area contributed by atoms with Crippen LogP contribution in [-0.4, -0.2) is 53.6 Å². The van der Waals surface area contributed by atoms with Gasteiger partial charge in [0.25, 0.3) is 20.2 Å². The molecule has 0 spiro atoms. The molecule has 0 heterocycles. The van der Waals surface area contributed by atoms with Gasteiger partial charge in [0.1, 0.15) is 0 Å². The van der Waals surface area contributed by atoms with Crippen molar-refractivity contribution < 1.29 is 25.2 Å². The Balaban J connectivity index is 4.17. The summed E-state index contributed by atoms with van der Waals surface area (Å²) < 4.78 is 53.0. The summed E-state index contributed by atoms with van der Waals surface area (Å²) in [7, 11) is -6.93. The Hall–Kier alpha value is 0.170. The highest BCUT2D eigenvalue weighted by Gasteiger charge is 2.14. The number of thioether (sulfide) groups is 1. The van der Waals surface area contributed by atoms with Gasteiger partial charge in [-0.2, -0.15) is 28.6 Å². The van der Waals surface area contributed by atoms with Crippen molar-refractivity contribution in [3.05, 3.63) is 0 Å². The molecule has 0 N–H and O–H groups in total. The molecule has 9 heteroatoms. The molecule has 0 aliphatic carbocycles. The molecular formula is C10H22O6S3. The zero-order chi connectivity index (χ0) is 14.9. The standard InChI is InChI=1S/C10H22O6S3/c1-4-5-8-17-10(9-16-19(3,13)14)6-7-15-18(2,11)12/h10H,4-9H2,1-3H3/t10-/m0/s1. The molecule has 0 bridgehead atoms. The van der Waals surface area contributed by atoms with E-state index in [1.54, 1.807) is 11.8 Å². The predicted octanol–water partition coefficient (Wildman–Crippen LogP) is 1.23. The van der Waals surface area contributed by atoms with Gasteiger partial charge >= 0.3 is 0 Å². The minimum atomic E-state index is -3.48. The van der Waals surface area contributed by atoms with Crippen molar-refractivity contribution in [2.75, 3.05) is 31.5 Å². The second kappa shape index (κ2) is 9.17. The van der Waals surface area contributed by atoms with Gasteiger partial charge in [0.2, 0.25) is 0 Å². The van der Waals surface area contributed by atoms with Crippen LogP contribution in [0.1, 0.15) is 26.2 Å². The molecule has 0 aromatic heterocycles. The summed E-state index contributed by atoms with van der Waals surface area (Å²) in [6.45, 7) is 2.14. The first-order valence-corrected chi connectivity index (χ1v) is 10.6. The maximum atomic E-state index is 10.9. The lowest BCUT2D eigenvalue weighted by atomic mass is 10.3. The molecule has 0 aromatic rings. The fourth-order valence-corrected chi connectivity index (χ4v) is 3.25. The van der Waals surface area contributed by atoms with Crippen molar-refractivity contribution in [1.29, 1.82) is 0 Å². The molecular weight excluding hydrogens is 312 g/mol. The van der Waals surface area contributed by atoms with E-state index >= 15 is 0 Å². The normalized spacial score (nSPS) is 14.5. The van der Waals surface area contributed by atoms with E-state index in [0.717, 1.165) is 31.1 Å². The van der Waals surface area contributed by atoms with Crippen LogP contribution < -0.4 is 0 Å². The Labute approximate surface area is 120 Å². The minimum absolute atomic E-state index is 0.0374. The molecule has 0 unspecified atom stereocenters. The Morgan fingerprint density at radius 3 is 2.11 bits per heavy atom. The molecule has 0 radical (unpaired) electrons. The first kappa shape index (κ1) is 19.2. The highest BCUT2D eigenvalue weighted by Crippen LogP contribution is 2.18. The molecule has 6 nitrogen and oxygen atoms in total. The topological polar surface area (TPSA) is 86.7 Å². The van der Waals surface area contributed by atoms with E-state index in [9.17, 15) is 16.8 Å². The van der Waals surface area contributed by atoms with E-state index in [0.29, 0.717) is 6.42 Å². The van der Waals surface area contributed by atoms with Crippen LogP contribution in [0.2, 0.25) is 0 Å². The molecule has 0 rings (SSSR count). The van der Waals surface area contributed by atoms with Crippen LogP contribution in [-0.2, 0) is 28.6 Å². The number of hydrogen-bond donors (Lipinski definition) is 0. The average molecular weight is 334 g/mol. The van der Waals surface area contributed by atoms with Crippen LogP contribution in [0.3, 0.4) is 0 Å². The van der Waals surface area contributed by atoms with Crippen LogP contribution in [0.15, 0.2) is 0 Å². The summed E-state index contributed by atoms with van der Waals surface area (Å²) in [5.41, 5.74) is 0. The molecule has 116 valence electrons. The SMILES string of the molecule is CCCCS[C@@H](CCOS(C)(=O)=O)COS(C)(=O)=O. The summed E-state index contributed by atoms with van der Waals surface area (Å²) in [5, 5.41) is -0.0944. The van der Waals surface area contributed by atoms with E-state index in [1.807, 2.05) is 0 Å². The number of unbranched alkanes of at least 4 members (excludes halogenated alkanes) is 1. The van der Waals surface area contributed by atoms with Crippen LogP contribution >= 0.6 is 11.8 Å². The molecule has 0 aliphatic rings. The second-order valence-corrected chi connectivity index (χ2v) is 8.85. The van der Waals surface area contributed by atoms with Crippen molar-refractivity contribution in [2.45, 2.75) is 31.4 Å². The molecule has 0 fully saturated rings. The maximum Gasteiger partial charge on any atom is 0.264 e. The van der Waals surface area contributed by atoms with Gasteiger partial charge < -0.3 is 0 Å². The lowest BCUT2D eigenvalue weighted by molar-refractivity contribution is 0.278. The fourth-order valence-electron chi connectivity index (χ4n) is 1.14. The Morgan fingerprint density at radius 1 is 1.05 bits per heavy atom. The van der Waals surface area contributed by atoms with Crippen molar-refractivity contribution in [1.82, 2.24) is 0 Å². The number of rotatable bonds is 11. The van der Waals surface area contributed by atoms with Gasteiger partial charge in [0.05, 0.1) is 25.7 Å². The van der Waals surface area contributed by atoms with Crippen molar-refractivity contribution in [3.8, 4) is 0 Å². The van der Waals surface area contributed by atoms with Crippen LogP contribution in [0.4, 0.5) is 0 Å².